The highest BCUT2D eigenvalue weighted by Crippen LogP contribution is 2.69. The molecule has 0 aliphatic heterocycles. The number of hydrogen-bond acceptors (Lipinski definition) is 2. The number of hydrogen-bond donors (Lipinski definition) is 0. The average Bonchev–Trinajstić information content (AvgIpc) is 2.75. The Hall–Kier alpha value is -1.10. The molecule has 2 heteroatoms. The molecule has 124 valence electrons. The van der Waals surface area contributed by atoms with E-state index < -0.39 is 0 Å². The van der Waals surface area contributed by atoms with E-state index in [1.165, 1.54) is 31.3 Å². The molecule has 4 aliphatic carbocycles. The second-order valence-electron chi connectivity index (χ2n) is 9.21. The largest absolute Gasteiger partial charge is 0.295 e. The molecule has 0 bridgehead atoms. The molecule has 3 fully saturated rings. The minimum absolute atomic E-state index is 0.165. The lowest BCUT2D eigenvalue weighted by Crippen LogP contribution is -2.49. The van der Waals surface area contributed by atoms with Crippen LogP contribution in [0.1, 0.15) is 65.7 Å². The summed E-state index contributed by atoms with van der Waals surface area (Å²) in [6.07, 6.45) is 9.88. The second-order valence-corrected chi connectivity index (χ2v) is 9.21. The molecule has 5 unspecified atom stereocenters. The average molecular weight is 311 g/mol. The van der Waals surface area contributed by atoms with Crippen LogP contribution in [0.25, 0.3) is 0 Å². The van der Waals surface area contributed by atoms with Crippen molar-refractivity contribution in [1.29, 1.82) is 5.26 Å². The Bertz CT molecular complexity index is 614. The zero-order chi connectivity index (χ0) is 16.4. The van der Waals surface area contributed by atoms with Crippen molar-refractivity contribution in [3.05, 3.63) is 11.6 Å². The van der Waals surface area contributed by atoms with Gasteiger partial charge in [0.15, 0.2) is 5.78 Å². The van der Waals surface area contributed by atoms with Gasteiger partial charge in [-0.3, -0.25) is 4.79 Å². The van der Waals surface area contributed by atoms with Crippen LogP contribution in [0.4, 0.5) is 0 Å². The van der Waals surface area contributed by atoms with E-state index in [4.69, 9.17) is 0 Å². The Labute approximate surface area is 140 Å². The fourth-order valence-corrected chi connectivity index (χ4v) is 7.00. The van der Waals surface area contributed by atoms with Crippen LogP contribution >= 0.6 is 0 Å². The maximum atomic E-state index is 11.8. The Morgan fingerprint density at radius 3 is 2.70 bits per heavy atom. The quantitative estimate of drug-likeness (QED) is 0.638. The third kappa shape index (κ3) is 1.89. The summed E-state index contributed by atoms with van der Waals surface area (Å²) < 4.78 is 0. The van der Waals surface area contributed by atoms with E-state index in [0.717, 1.165) is 31.1 Å². The van der Waals surface area contributed by atoms with Crippen molar-refractivity contribution in [1.82, 2.24) is 0 Å². The molecule has 0 aromatic heterocycles. The number of ketones is 1. The fraction of sp³-hybridized carbons (Fsp3) is 0.810. The van der Waals surface area contributed by atoms with Gasteiger partial charge in [-0.1, -0.05) is 19.4 Å². The first-order valence-corrected chi connectivity index (χ1v) is 9.55. The highest BCUT2D eigenvalue weighted by Gasteiger charge is 2.63. The van der Waals surface area contributed by atoms with E-state index in [1.807, 2.05) is 6.08 Å². The summed E-state index contributed by atoms with van der Waals surface area (Å²) in [5, 5.41) is 9.92. The predicted molar refractivity (Wildman–Crippen MR) is 90.4 cm³/mol. The second kappa shape index (κ2) is 4.95. The number of carbonyl (C=O) groups is 1. The smallest absolute Gasteiger partial charge is 0.155 e. The van der Waals surface area contributed by atoms with Gasteiger partial charge in [0.25, 0.3) is 0 Å². The number of rotatable bonds is 0. The molecule has 4 aliphatic rings. The first kappa shape index (κ1) is 15.4. The number of carbonyl (C=O) groups excluding carboxylic acids is 1. The maximum Gasteiger partial charge on any atom is 0.155 e. The Morgan fingerprint density at radius 1 is 1.17 bits per heavy atom. The highest BCUT2D eigenvalue weighted by atomic mass is 16.1. The van der Waals surface area contributed by atoms with Gasteiger partial charge < -0.3 is 0 Å². The van der Waals surface area contributed by atoms with Crippen molar-refractivity contribution in [2.45, 2.75) is 65.7 Å². The molecule has 0 amide bonds. The molecule has 3 saturated carbocycles. The summed E-state index contributed by atoms with van der Waals surface area (Å²) in [4.78, 5) is 11.8. The lowest BCUT2D eigenvalue weighted by Gasteiger charge is -2.55. The third-order valence-corrected chi connectivity index (χ3v) is 8.70. The fourth-order valence-electron chi connectivity index (χ4n) is 7.00. The molecule has 0 heterocycles. The summed E-state index contributed by atoms with van der Waals surface area (Å²) in [7, 11) is 0. The van der Waals surface area contributed by atoms with Crippen molar-refractivity contribution in [3.63, 3.8) is 0 Å². The van der Waals surface area contributed by atoms with Crippen molar-refractivity contribution in [3.8, 4) is 6.07 Å². The lowest BCUT2D eigenvalue weighted by molar-refractivity contribution is -0.116. The van der Waals surface area contributed by atoms with E-state index in [0.29, 0.717) is 23.5 Å². The molecule has 4 rings (SSSR count). The molecular weight excluding hydrogens is 282 g/mol. The SMILES string of the molecule is C[C@@H]1CC2C3CCC4=CC(=O)CCC4C3CCC2(C)[C@@]1(C)C#N. The van der Waals surface area contributed by atoms with Gasteiger partial charge in [-0.2, -0.15) is 5.26 Å². The normalized spacial score (nSPS) is 52.0. The van der Waals surface area contributed by atoms with E-state index in [-0.39, 0.29) is 10.8 Å². The molecule has 0 N–H and O–H groups in total. The van der Waals surface area contributed by atoms with Gasteiger partial charge in [-0.25, -0.2) is 0 Å². The molecule has 2 nitrogen and oxygen atoms in total. The molecule has 0 aromatic rings. The highest BCUT2D eigenvalue weighted by molar-refractivity contribution is 5.91. The standard InChI is InChI=1S/C21H29NO/c1-13-10-19-18-6-4-14-11-15(23)5-7-16(14)17(18)8-9-20(19,2)21(13,3)12-22/h11,13,16-19H,4-10H2,1-3H3/t13-,16?,17?,18?,19?,20?,21+/m1/s1. The van der Waals surface area contributed by atoms with Gasteiger partial charge >= 0.3 is 0 Å². The van der Waals surface area contributed by atoms with E-state index >= 15 is 0 Å². The van der Waals surface area contributed by atoms with Crippen LogP contribution in [0.5, 0.6) is 0 Å². The van der Waals surface area contributed by atoms with Gasteiger partial charge in [-0.15, -0.1) is 0 Å². The van der Waals surface area contributed by atoms with E-state index in [9.17, 15) is 10.1 Å². The van der Waals surface area contributed by atoms with Gasteiger partial charge in [-0.05, 0) is 86.5 Å². The Kier molecular flexibility index (Phi) is 3.32. The minimum atomic E-state index is -0.165. The monoisotopic (exact) mass is 311 g/mol. The van der Waals surface area contributed by atoms with Crippen molar-refractivity contribution in [2.24, 2.45) is 40.4 Å². The molecule has 0 saturated heterocycles. The summed E-state index contributed by atoms with van der Waals surface area (Å²) in [6, 6.07) is 2.73. The number of nitriles is 1. The van der Waals surface area contributed by atoms with Crippen molar-refractivity contribution < 1.29 is 4.79 Å². The van der Waals surface area contributed by atoms with Crippen LogP contribution in [-0.4, -0.2) is 5.78 Å². The van der Waals surface area contributed by atoms with Crippen LogP contribution in [0, 0.1) is 51.8 Å². The summed E-state index contributed by atoms with van der Waals surface area (Å²) in [5.74, 6) is 3.78. The van der Waals surface area contributed by atoms with Gasteiger partial charge in [0.1, 0.15) is 0 Å². The van der Waals surface area contributed by atoms with Crippen LogP contribution in [0.2, 0.25) is 0 Å². The zero-order valence-electron chi connectivity index (χ0n) is 14.8. The molecule has 0 spiro atoms. The lowest BCUT2D eigenvalue weighted by atomic mass is 9.49. The van der Waals surface area contributed by atoms with Crippen LogP contribution in [0.15, 0.2) is 11.6 Å². The molecule has 0 radical (unpaired) electrons. The van der Waals surface area contributed by atoms with Gasteiger partial charge in [0, 0.05) is 6.42 Å². The van der Waals surface area contributed by atoms with Crippen molar-refractivity contribution in [2.75, 3.05) is 0 Å². The number of nitrogens with zero attached hydrogens (tertiary/aromatic N) is 1. The maximum absolute atomic E-state index is 11.8. The summed E-state index contributed by atoms with van der Waals surface area (Å²) in [6.45, 7) is 6.94. The first-order chi connectivity index (χ1) is 10.9. The van der Waals surface area contributed by atoms with Crippen molar-refractivity contribution >= 4 is 5.78 Å². The summed E-state index contributed by atoms with van der Waals surface area (Å²) >= 11 is 0. The van der Waals surface area contributed by atoms with Crippen LogP contribution in [-0.2, 0) is 4.79 Å². The van der Waals surface area contributed by atoms with Gasteiger partial charge in [0.05, 0.1) is 11.5 Å². The minimum Gasteiger partial charge on any atom is -0.295 e. The molecular formula is C21H29NO. The van der Waals surface area contributed by atoms with Crippen LogP contribution < -0.4 is 0 Å². The topological polar surface area (TPSA) is 40.9 Å². The number of fused-ring (bicyclic) bond motifs is 5. The molecule has 23 heavy (non-hydrogen) atoms. The predicted octanol–water partition coefficient (Wildman–Crippen LogP) is 4.90. The third-order valence-electron chi connectivity index (χ3n) is 8.70. The first-order valence-electron chi connectivity index (χ1n) is 9.55. The molecule has 0 aromatic carbocycles. The van der Waals surface area contributed by atoms with Crippen LogP contribution in [0.3, 0.4) is 0 Å². The van der Waals surface area contributed by atoms with E-state index in [1.54, 1.807) is 0 Å². The Morgan fingerprint density at radius 2 is 1.96 bits per heavy atom. The molecule has 7 atom stereocenters. The van der Waals surface area contributed by atoms with Gasteiger partial charge in [0.2, 0.25) is 0 Å². The summed E-state index contributed by atoms with van der Waals surface area (Å²) in [5.41, 5.74) is 1.48. The number of allylic oxidation sites excluding steroid dienone is 1. The Balaban J connectivity index is 1.67. The zero-order valence-corrected chi connectivity index (χ0v) is 14.8. The van der Waals surface area contributed by atoms with E-state index in [2.05, 4.69) is 26.8 Å².